The number of rotatable bonds is 9. The highest BCUT2D eigenvalue weighted by atomic mass is 15.2. The maximum absolute atomic E-state index is 3.52. The summed E-state index contributed by atoms with van der Waals surface area (Å²) in [5.74, 6) is 0.723. The van der Waals surface area contributed by atoms with Crippen LogP contribution in [0, 0.1) is 5.92 Å². The molecule has 16 heavy (non-hydrogen) atoms. The molecule has 3 atom stereocenters. The maximum atomic E-state index is 3.52. The molecule has 0 aromatic heterocycles. The van der Waals surface area contributed by atoms with Crippen molar-refractivity contribution in [3.63, 3.8) is 0 Å². The minimum absolute atomic E-state index is 0.671. The van der Waals surface area contributed by atoms with E-state index in [1.165, 1.54) is 12.8 Å². The minimum Gasteiger partial charge on any atom is -0.316 e. The number of nitrogens with one attached hydrogen (secondary N) is 1. The van der Waals surface area contributed by atoms with E-state index in [1.807, 2.05) is 0 Å². The van der Waals surface area contributed by atoms with Gasteiger partial charge in [-0.25, -0.2) is 0 Å². The summed E-state index contributed by atoms with van der Waals surface area (Å²) in [7, 11) is 0. The van der Waals surface area contributed by atoms with E-state index in [0.29, 0.717) is 12.1 Å². The second kappa shape index (κ2) is 9.00. The molecule has 0 saturated carbocycles. The first-order valence-corrected chi connectivity index (χ1v) is 7.04. The van der Waals surface area contributed by atoms with Crippen molar-refractivity contribution in [2.45, 2.75) is 66.5 Å². The fourth-order valence-electron chi connectivity index (χ4n) is 2.24. The van der Waals surface area contributed by atoms with E-state index >= 15 is 0 Å². The highest BCUT2D eigenvalue weighted by molar-refractivity contribution is 4.77. The van der Waals surface area contributed by atoms with Crippen LogP contribution in [0.15, 0.2) is 0 Å². The molecule has 1 N–H and O–H groups in total. The van der Waals surface area contributed by atoms with E-state index in [1.54, 1.807) is 0 Å². The third kappa shape index (κ3) is 5.31. The fourth-order valence-corrected chi connectivity index (χ4v) is 2.24. The van der Waals surface area contributed by atoms with Gasteiger partial charge in [-0.15, -0.1) is 0 Å². The summed E-state index contributed by atoms with van der Waals surface area (Å²) in [6.45, 7) is 17.3. The summed E-state index contributed by atoms with van der Waals surface area (Å²) in [5.41, 5.74) is 0. The van der Waals surface area contributed by atoms with Gasteiger partial charge < -0.3 is 5.32 Å². The summed E-state index contributed by atoms with van der Waals surface area (Å²) < 4.78 is 0. The smallest absolute Gasteiger partial charge is 0.0107 e. The molecular weight excluding hydrogens is 196 g/mol. The first-order chi connectivity index (χ1) is 7.58. The number of hydrogen-bond donors (Lipinski definition) is 1. The first-order valence-electron chi connectivity index (χ1n) is 7.04. The summed E-state index contributed by atoms with van der Waals surface area (Å²) in [6, 6.07) is 1.37. The highest BCUT2D eigenvalue weighted by Gasteiger charge is 2.21. The molecule has 0 aromatic rings. The van der Waals surface area contributed by atoms with E-state index in [-0.39, 0.29) is 0 Å². The van der Waals surface area contributed by atoms with Crippen molar-refractivity contribution in [3.05, 3.63) is 0 Å². The lowest BCUT2D eigenvalue weighted by Crippen LogP contribution is -2.45. The fraction of sp³-hybridized carbons (Fsp3) is 1.00. The van der Waals surface area contributed by atoms with Crippen molar-refractivity contribution in [2.24, 2.45) is 5.92 Å². The van der Waals surface area contributed by atoms with Crippen molar-refractivity contribution in [2.75, 3.05) is 19.6 Å². The Morgan fingerprint density at radius 2 is 1.69 bits per heavy atom. The van der Waals surface area contributed by atoms with Crippen LogP contribution in [-0.4, -0.2) is 36.6 Å². The van der Waals surface area contributed by atoms with Gasteiger partial charge in [0, 0.05) is 12.1 Å². The average molecular weight is 228 g/mol. The Labute approximate surface area is 103 Å². The normalized spacial score (nSPS) is 17.4. The Morgan fingerprint density at radius 1 is 1.06 bits per heavy atom. The first kappa shape index (κ1) is 15.9. The van der Waals surface area contributed by atoms with Crippen molar-refractivity contribution in [1.29, 1.82) is 0 Å². The summed E-state index contributed by atoms with van der Waals surface area (Å²) >= 11 is 0. The monoisotopic (exact) mass is 228 g/mol. The molecule has 3 unspecified atom stereocenters. The van der Waals surface area contributed by atoms with Gasteiger partial charge >= 0.3 is 0 Å². The van der Waals surface area contributed by atoms with Crippen LogP contribution in [0.1, 0.15) is 54.4 Å². The molecule has 0 aliphatic rings. The number of hydrogen-bond acceptors (Lipinski definition) is 2. The van der Waals surface area contributed by atoms with Gasteiger partial charge in [-0.1, -0.05) is 27.7 Å². The van der Waals surface area contributed by atoms with Gasteiger partial charge in [0.05, 0.1) is 0 Å². The molecule has 2 nitrogen and oxygen atoms in total. The second-order valence-corrected chi connectivity index (χ2v) is 5.01. The molecule has 0 saturated heterocycles. The molecule has 0 aliphatic carbocycles. The van der Waals surface area contributed by atoms with Gasteiger partial charge in [-0.3, -0.25) is 4.90 Å². The second-order valence-electron chi connectivity index (χ2n) is 5.01. The van der Waals surface area contributed by atoms with Gasteiger partial charge in [-0.2, -0.15) is 0 Å². The lowest BCUT2D eigenvalue weighted by molar-refractivity contribution is 0.119. The predicted octanol–water partition coefficient (Wildman–Crippen LogP) is 3.13. The molecule has 0 bridgehead atoms. The molecule has 98 valence electrons. The SMILES string of the molecule is CCCNCC(C)C(C)N(CC)C(C)CC. The van der Waals surface area contributed by atoms with E-state index < -0.39 is 0 Å². The quantitative estimate of drug-likeness (QED) is 0.610. The molecule has 2 heteroatoms. The van der Waals surface area contributed by atoms with Gasteiger partial charge in [-0.05, 0) is 52.2 Å². The van der Waals surface area contributed by atoms with Crippen molar-refractivity contribution < 1.29 is 0 Å². The third-order valence-corrected chi connectivity index (χ3v) is 3.76. The maximum Gasteiger partial charge on any atom is 0.0107 e. The molecule has 0 radical (unpaired) electrons. The molecule has 0 spiro atoms. The van der Waals surface area contributed by atoms with Crippen molar-refractivity contribution >= 4 is 0 Å². The van der Waals surface area contributed by atoms with Gasteiger partial charge in [0.2, 0.25) is 0 Å². The lowest BCUT2D eigenvalue weighted by atomic mass is 9.99. The summed E-state index contributed by atoms with van der Waals surface area (Å²) in [6.07, 6.45) is 2.47. The van der Waals surface area contributed by atoms with Crippen LogP contribution >= 0.6 is 0 Å². The summed E-state index contributed by atoms with van der Waals surface area (Å²) in [5, 5.41) is 3.52. The zero-order valence-corrected chi connectivity index (χ0v) is 12.2. The highest BCUT2D eigenvalue weighted by Crippen LogP contribution is 2.15. The van der Waals surface area contributed by atoms with Crippen LogP contribution in [0.25, 0.3) is 0 Å². The topological polar surface area (TPSA) is 15.3 Å². The predicted molar refractivity (Wildman–Crippen MR) is 73.9 cm³/mol. The van der Waals surface area contributed by atoms with Crippen LogP contribution in [0.2, 0.25) is 0 Å². The Bertz CT molecular complexity index is 159. The zero-order chi connectivity index (χ0) is 12.6. The van der Waals surface area contributed by atoms with Crippen LogP contribution in [0.5, 0.6) is 0 Å². The van der Waals surface area contributed by atoms with E-state index in [4.69, 9.17) is 0 Å². The van der Waals surface area contributed by atoms with Crippen LogP contribution in [0.3, 0.4) is 0 Å². The minimum atomic E-state index is 0.671. The van der Waals surface area contributed by atoms with E-state index in [2.05, 4.69) is 51.8 Å². The lowest BCUT2D eigenvalue weighted by Gasteiger charge is -2.36. The molecule has 0 aliphatic heterocycles. The Balaban J connectivity index is 4.10. The molecule has 0 heterocycles. The Morgan fingerprint density at radius 3 is 2.12 bits per heavy atom. The molecule has 0 amide bonds. The van der Waals surface area contributed by atoms with Crippen LogP contribution in [0.4, 0.5) is 0 Å². The van der Waals surface area contributed by atoms with E-state index in [9.17, 15) is 0 Å². The van der Waals surface area contributed by atoms with Crippen molar-refractivity contribution in [1.82, 2.24) is 10.2 Å². The summed E-state index contributed by atoms with van der Waals surface area (Å²) in [4.78, 5) is 2.62. The zero-order valence-electron chi connectivity index (χ0n) is 12.2. The standard InChI is InChI=1S/C14H32N2/c1-7-10-15-11-12(4)14(6)16(9-3)13(5)8-2/h12-15H,7-11H2,1-6H3. The number of nitrogens with zero attached hydrogens (tertiary/aromatic N) is 1. The van der Waals surface area contributed by atoms with Gasteiger partial charge in [0.1, 0.15) is 0 Å². The van der Waals surface area contributed by atoms with Gasteiger partial charge in [0.25, 0.3) is 0 Å². The Kier molecular flexibility index (Phi) is 8.96. The van der Waals surface area contributed by atoms with E-state index in [0.717, 1.165) is 25.6 Å². The third-order valence-electron chi connectivity index (χ3n) is 3.76. The van der Waals surface area contributed by atoms with Crippen molar-refractivity contribution in [3.8, 4) is 0 Å². The van der Waals surface area contributed by atoms with Crippen LogP contribution in [-0.2, 0) is 0 Å². The molecular formula is C14H32N2. The molecule has 0 aromatic carbocycles. The average Bonchev–Trinajstić information content (AvgIpc) is 2.29. The molecule has 0 fully saturated rings. The molecule has 0 rings (SSSR count). The Hall–Kier alpha value is -0.0800. The van der Waals surface area contributed by atoms with Gasteiger partial charge in [0.15, 0.2) is 0 Å². The largest absolute Gasteiger partial charge is 0.316 e. The van der Waals surface area contributed by atoms with Crippen LogP contribution < -0.4 is 5.32 Å².